The molecule has 4 nitrogen and oxygen atoms in total. The highest BCUT2D eigenvalue weighted by molar-refractivity contribution is 5.84. The van der Waals surface area contributed by atoms with Gasteiger partial charge in [-0.05, 0) is 32.4 Å². The zero-order valence-corrected chi connectivity index (χ0v) is 14.2. The molecular formula is C20H22N2O2. The molecule has 1 heterocycles. The van der Waals surface area contributed by atoms with Gasteiger partial charge in [0.05, 0.1) is 6.04 Å². The Labute approximate surface area is 141 Å². The number of hydrogen-bond acceptors (Lipinski definition) is 3. The molecule has 0 aliphatic carbocycles. The number of carbonyl (C=O) groups is 1. The summed E-state index contributed by atoms with van der Waals surface area (Å²) in [6.07, 6.45) is 0. The zero-order chi connectivity index (χ0) is 17.3. The summed E-state index contributed by atoms with van der Waals surface area (Å²) in [5.74, 6) is 0.548. The van der Waals surface area contributed by atoms with Gasteiger partial charge in [0.1, 0.15) is 17.4 Å². The lowest BCUT2D eigenvalue weighted by molar-refractivity contribution is -0.123. The van der Waals surface area contributed by atoms with Crippen molar-refractivity contribution >= 4 is 16.9 Å². The van der Waals surface area contributed by atoms with Crippen molar-refractivity contribution < 1.29 is 9.21 Å². The summed E-state index contributed by atoms with van der Waals surface area (Å²) < 4.78 is 5.91. The van der Waals surface area contributed by atoms with Crippen LogP contribution in [-0.2, 0) is 4.79 Å². The normalized spacial score (nSPS) is 13.7. The van der Waals surface area contributed by atoms with E-state index in [-0.39, 0.29) is 11.9 Å². The first-order valence-electron chi connectivity index (χ1n) is 8.08. The molecule has 3 N–H and O–H groups in total. The number of carbonyl (C=O) groups excluding carboxylic acids is 1. The van der Waals surface area contributed by atoms with Gasteiger partial charge in [-0.2, -0.15) is 0 Å². The molecule has 0 saturated heterocycles. The maximum atomic E-state index is 12.5. The third-order valence-electron chi connectivity index (χ3n) is 4.35. The first-order chi connectivity index (χ1) is 11.5. The molecular weight excluding hydrogens is 300 g/mol. The molecule has 3 aromatic rings. The Kier molecular flexibility index (Phi) is 4.40. The number of para-hydroxylation sites is 1. The van der Waals surface area contributed by atoms with Crippen LogP contribution in [0.1, 0.15) is 41.5 Å². The van der Waals surface area contributed by atoms with E-state index in [4.69, 9.17) is 10.2 Å². The maximum Gasteiger partial charge on any atom is 0.242 e. The average Bonchev–Trinajstić information content (AvgIpc) is 2.92. The van der Waals surface area contributed by atoms with E-state index < -0.39 is 6.04 Å². The van der Waals surface area contributed by atoms with E-state index in [2.05, 4.69) is 5.32 Å². The van der Waals surface area contributed by atoms with E-state index in [1.165, 1.54) is 0 Å². The van der Waals surface area contributed by atoms with Crippen molar-refractivity contribution in [3.63, 3.8) is 0 Å². The van der Waals surface area contributed by atoms with Crippen LogP contribution in [0.3, 0.4) is 0 Å². The second kappa shape index (κ2) is 6.49. The lowest BCUT2D eigenvalue weighted by atomic mass is 10.0. The van der Waals surface area contributed by atoms with Gasteiger partial charge in [0.2, 0.25) is 5.91 Å². The average molecular weight is 322 g/mol. The second-order valence-electron chi connectivity index (χ2n) is 6.21. The van der Waals surface area contributed by atoms with Gasteiger partial charge in [-0.25, -0.2) is 0 Å². The zero-order valence-electron chi connectivity index (χ0n) is 14.2. The highest BCUT2D eigenvalue weighted by Crippen LogP contribution is 2.29. The number of fused-ring (bicyclic) bond motifs is 1. The lowest BCUT2D eigenvalue weighted by Crippen LogP contribution is -2.35. The molecule has 0 aliphatic heterocycles. The smallest absolute Gasteiger partial charge is 0.242 e. The fourth-order valence-corrected chi connectivity index (χ4v) is 2.90. The van der Waals surface area contributed by atoms with Crippen molar-refractivity contribution in [2.45, 2.75) is 32.9 Å². The van der Waals surface area contributed by atoms with Crippen LogP contribution in [0.15, 0.2) is 52.9 Å². The van der Waals surface area contributed by atoms with Gasteiger partial charge in [-0.3, -0.25) is 4.79 Å². The van der Waals surface area contributed by atoms with E-state index in [0.717, 1.165) is 33.4 Å². The molecule has 3 rings (SSSR count). The van der Waals surface area contributed by atoms with Crippen molar-refractivity contribution in [3.05, 3.63) is 71.0 Å². The molecule has 0 spiro atoms. The number of hydrogen-bond donors (Lipinski definition) is 2. The minimum Gasteiger partial charge on any atom is -0.459 e. The van der Waals surface area contributed by atoms with E-state index in [0.29, 0.717) is 0 Å². The van der Waals surface area contributed by atoms with Crippen LogP contribution in [0.5, 0.6) is 0 Å². The van der Waals surface area contributed by atoms with Crippen LogP contribution in [-0.4, -0.2) is 5.91 Å². The number of aryl methyl sites for hydroxylation is 2. The minimum absolute atomic E-state index is 0.216. The van der Waals surface area contributed by atoms with Crippen molar-refractivity contribution in [1.82, 2.24) is 5.32 Å². The van der Waals surface area contributed by atoms with Gasteiger partial charge < -0.3 is 15.5 Å². The van der Waals surface area contributed by atoms with Crippen LogP contribution < -0.4 is 11.1 Å². The van der Waals surface area contributed by atoms with Gasteiger partial charge in [-0.1, -0.05) is 48.0 Å². The first-order valence-corrected chi connectivity index (χ1v) is 8.08. The number of nitrogens with two attached hydrogens (primary N) is 1. The molecule has 1 amide bonds. The summed E-state index contributed by atoms with van der Waals surface area (Å²) in [6.45, 7) is 5.91. The molecule has 2 aromatic carbocycles. The third-order valence-corrected chi connectivity index (χ3v) is 4.35. The number of amides is 1. The summed E-state index contributed by atoms with van der Waals surface area (Å²) in [4.78, 5) is 12.5. The Bertz CT molecular complexity index is 865. The quantitative estimate of drug-likeness (QED) is 0.765. The Morgan fingerprint density at radius 2 is 1.75 bits per heavy atom. The predicted octanol–water partition coefficient (Wildman–Crippen LogP) is 3.93. The van der Waals surface area contributed by atoms with Crippen LogP contribution in [0.4, 0.5) is 0 Å². The Morgan fingerprint density at radius 1 is 1.08 bits per heavy atom. The molecule has 0 radical (unpaired) electrons. The first kappa shape index (κ1) is 16.3. The Balaban J connectivity index is 1.77. The molecule has 2 unspecified atom stereocenters. The molecule has 0 fully saturated rings. The SMILES string of the molecule is Cc1ccc(C(N)C(=O)NC(C)c2oc3ccccc3c2C)cc1. The van der Waals surface area contributed by atoms with Crippen LogP contribution >= 0.6 is 0 Å². The number of rotatable bonds is 4. The van der Waals surface area contributed by atoms with Crippen LogP contribution in [0.25, 0.3) is 11.0 Å². The van der Waals surface area contributed by atoms with Gasteiger partial charge >= 0.3 is 0 Å². The molecule has 1 aromatic heterocycles. The number of benzene rings is 2. The molecule has 4 heteroatoms. The maximum absolute atomic E-state index is 12.5. The summed E-state index contributed by atoms with van der Waals surface area (Å²) in [5.41, 5.74) is 9.89. The van der Waals surface area contributed by atoms with E-state index >= 15 is 0 Å². The van der Waals surface area contributed by atoms with E-state index in [1.807, 2.05) is 69.3 Å². The molecule has 24 heavy (non-hydrogen) atoms. The number of nitrogens with one attached hydrogen (secondary N) is 1. The van der Waals surface area contributed by atoms with E-state index in [9.17, 15) is 4.79 Å². The van der Waals surface area contributed by atoms with Gasteiger partial charge in [0.15, 0.2) is 0 Å². The third kappa shape index (κ3) is 3.05. The second-order valence-corrected chi connectivity index (χ2v) is 6.21. The van der Waals surface area contributed by atoms with E-state index in [1.54, 1.807) is 0 Å². The van der Waals surface area contributed by atoms with Gasteiger partial charge in [0, 0.05) is 10.9 Å². The topological polar surface area (TPSA) is 68.3 Å². The summed E-state index contributed by atoms with van der Waals surface area (Å²) in [6, 6.07) is 14.6. The molecule has 124 valence electrons. The fraction of sp³-hybridized carbons (Fsp3) is 0.250. The molecule has 0 bridgehead atoms. The summed E-state index contributed by atoms with van der Waals surface area (Å²) in [7, 11) is 0. The standard InChI is InChI=1S/C20H22N2O2/c1-12-8-10-15(11-9-12)18(21)20(23)22-14(3)19-13(2)16-6-4-5-7-17(16)24-19/h4-11,14,18H,21H2,1-3H3,(H,22,23). The van der Waals surface area contributed by atoms with Crippen molar-refractivity contribution in [2.24, 2.45) is 5.73 Å². The van der Waals surface area contributed by atoms with Gasteiger partial charge in [0.25, 0.3) is 0 Å². The van der Waals surface area contributed by atoms with Crippen LogP contribution in [0, 0.1) is 13.8 Å². The minimum atomic E-state index is -0.697. The molecule has 2 atom stereocenters. The molecule has 0 aliphatic rings. The highest BCUT2D eigenvalue weighted by Gasteiger charge is 2.22. The van der Waals surface area contributed by atoms with Crippen molar-refractivity contribution in [2.75, 3.05) is 0 Å². The van der Waals surface area contributed by atoms with Crippen molar-refractivity contribution in [1.29, 1.82) is 0 Å². The summed E-state index contributed by atoms with van der Waals surface area (Å²) in [5, 5.41) is 4.02. The predicted molar refractivity (Wildman–Crippen MR) is 95.6 cm³/mol. The number of furan rings is 1. The Morgan fingerprint density at radius 3 is 2.42 bits per heavy atom. The van der Waals surface area contributed by atoms with Crippen LogP contribution in [0.2, 0.25) is 0 Å². The fourth-order valence-electron chi connectivity index (χ4n) is 2.90. The largest absolute Gasteiger partial charge is 0.459 e. The summed E-state index contributed by atoms with van der Waals surface area (Å²) >= 11 is 0. The monoisotopic (exact) mass is 322 g/mol. The molecule has 0 saturated carbocycles. The van der Waals surface area contributed by atoms with Crippen molar-refractivity contribution in [3.8, 4) is 0 Å². The highest BCUT2D eigenvalue weighted by atomic mass is 16.3. The Hall–Kier alpha value is -2.59. The van der Waals surface area contributed by atoms with Gasteiger partial charge in [-0.15, -0.1) is 0 Å². The lowest BCUT2D eigenvalue weighted by Gasteiger charge is -2.17.